The van der Waals surface area contributed by atoms with Crippen molar-refractivity contribution in [3.63, 3.8) is 0 Å². The van der Waals surface area contributed by atoms with Crippen molar-refractivity contribution in [1.82, 2.24) is 5.32 Å². The highest BCUT2D eigenvalue weighted by molar-refractivity contribution is 7.80. The Labute approximate surface area is 171 Å². The van der Waals surface area contributed by atoms with Gasteiger partial charge in [-0.1, -0.05) is 30.1 Å². The molecule has 3 rings (SSSR count). The molecule has 134 valence electrons. The van der Waals surface area contributed by atoms with Crippen LogP contribution < -0.4 is 10.6 Å². The van der Waals surface area contributed by atoms with Gasteiger partial charge in [-0.15, -0.1) is 11.3 Å². The monoisotopic (exact) mass is 423 g/mol. The van der Waals surface area contributed by atoms with Crippen molar-refractivity contribution >= 4 is 62.8 Å². The lowest BCUT2D eigenvalue weighted by molar-refractivity contribution is 0.0978. The van der Waals surface area contributed by atoms with E-state index in [9.17, 15) is 10.1 Å². The largest absolute Gasteiger partial charge is 0.323 e. The summed E-state index contributed by atoms with van der Waals surface area (Å²) in [5, 5.41) is 16.6. The van der Waals surface area contributed by atoms with Crippen LogP contribution in [0.1, 0.15) is 39.7 Å². The number of carbonyl (C=O) groups is 1. The quantitative estimate of drug-likeness (QED) is 0.653. The number of carbonyl (C=O) groups excluding carboxylic acids is 1. The highest BCUT2D eigenvalue weighted by Crippen LogP contribution is 2.39. The van der Waals surface area contributed by atoms with E-state index in [1.165, 1.54) is 22.3 Å². The summed E-state index contributed by atoms with van der Waals surface area (Å²) in [7, 11) is 0. The third-order valence-electron chi connectivity index (χ3n) is 4.25. The summed E-state index contributed by atoms with van der Waals surface area (Å²) in [6, 6.07) is 6.90. The van der Waals surface area contributed by atoms with Gasteiger partial charge in [0.2, 0.25) is 0 Å². The molecule has 1 atom stereocenters. The maximum Gasteiger partial charge on any atom is 0.258 e. The third kappa shape index (κ3) is 4.02. The summed E-state index contributed by atoms with van der Waals surface area (Å²) in [6.07, 6.45) is 2.94. The second-order valence-corrected chi connectivity index (χ2v) is 8.56. The lowest BCUT2D eigenvalue weighted by Crippen LogP contribution is -2.34. The van der Waals surface area contributed by atoms with Crippen LogP contribution in [-0.4, -0.2) is 11.0 Å². The number of rotatable bonds is 2. The summed E-state index contributed by atoms with van der Waals surface area (Å²) >= 11 is 18.7. The van der Waals surface area contributed by atoms with E-state index in [4.69, 9.17) is 35.4 Å². The number of benzene rings is 1. The van der Waals surface area contributed by atoms with Crippen LogP contribution in [0.4, 0.5) is 5.00 Å². The molecule has 0 radical (unpaired) electrons. The Balaban J connectivity index is 1.76. The van der Waals surface area contributed by atoms with Crippen LogP contribution >= 0.6 is 46.8 Å². The van der Waals surface area contributed by atoms with Gasteiger partial charge < -0.3 is 5.32 Å². The van der Waals surface area contributed by atoms with Gasteiger partial charge in [0.15, 0.2) is 5.11 Å². The van der Waals surface area contributed by atoms with E-state index in [2.05, 4.69) is 23.6 Å². The number of halogens is 2. The summed E-state index contributed by atoms with van der Waals surface area (Å²) in [5.74, 6) is 0.153. The van der Waals surface area contributed by atoms with E-state index >= 15 is 0 Å². The summed E-state index contributed by atoms with van der Waals surface area (Å²) in [6.45, 7) is 2.21. The van der Waals surface area contributed by atoms with Crippen LogP contribution in [0, 0.1) is 17.2 Å². The second kappa shape index (κ2) is 7.93. The number of thiophene rings is 1. The molecule has 1 heterocycles. The molecule has 2 N–H and O–H groups in total. The zero-order chi connectivity index (χ0) is 18.8. The van der Waals surface area contributed by atoms with Gasteiger partial charge in [0, 0.05) is 9.90 Å². The van der Waals surface area contributed by atoms with Crippen molar-refractivity contribution in [2.24, 2.45) is 5.92 Å². The van der Waals surface area contributed by atoms with Crippen molar-refractivity contribution in [2.45, 2.75) is 26.2 Å². The number of anilines is 1. The normalized spacial score (nSPS) is 15.7. The zero-order valence-corrected chi connectivity index (χ0v) is 17.0. The van der Waals surface area contributed by atoms with Crippen LogP contribution in [0.25, 0.3) is 0 Å². The van der Waals surface area contributed by atoms with Gasteiger partial charge in [0.05, 0.1) is 16.1 Å². The number of hydrogen-bond acceptors (Lipinski definition) is 4. The average Bonchev–Trinajstić information content (AvgIpc) is 2.92. The Bertz CT molecular complexity index is 933. The van der Waals surface area contributed by atoms with Gasteiger partial charge in [-0.2, -0.15) is 5.26 Å². The Morgan fingerprint density at radius 2 is 2.19 bits per heavy atom. The van der Waals surface area contributed by atoms with Crippen molar-refractivity contribution in [2.75, 3.05) is 5.32 Å². The first-order valence-corrected chi connectivity index (χ1v) is 9.99. The van der Waals surface area contributed by atoms with E-state index < -0.39 is 5.91 Å². The van der Waals surface area contributed by atoms with Crippen LogP contribution in [0.5, 0.6) is 0 Å². The molecule has 0 aliphatic heterocycles. The Morgan fingerprint density at radius 3 is 2.92 bits per heavy atom. The van der Waals surface area contributed by atoms with Gasteiger partial charge in [-0.3, -0.25) is 10.1 Å². The van der Waals surface area contributed by atoms with E-state index in [0.29, 0.717) is 21.5 Å². The molecular weight excluding hydrogens is 409 g/mol. The van der Waals surface area contributed by atoms with E-state index in [-0.39, 0.29) is 15.7 Å². The zero-order valence-electron chi connectivity index (χ0n) is 13.9. The van der Waals surface area contributed by atoms with Gasteiger partial charge >= 0.3 is 0 Å². The number of fused-ring (bicyclic) bond motifs is 1. The SMILES string of the molecule is CC1CCc2c(sc(NC(=S)NC(=O)c3cc(Cl)ccc3Cl)c2C#N)C1. The van der Waals surface area contributed by atoms with E-state index in [0.717, 1.165) is 24.8 Å². The maximum atomic E-state index is 12.4. The van der Waals surface area contributed by atoms with Gasteiger partial charge in [-0.25, -0.2) is 0 Å². The molecule has 26 heavy (non-hydrogen) atoms. The van der Waals surface area contributed by atoms with E-state index in [1.807, 2.05) is 0 Å². The molecular formula is C18H15Cl2N3OS2. The molecule has 8 heteroatoms. The lowest BCUT2D eigenvalue weighted by Gasteiger charge is -2.17. The molecule has 1 aliphatic carbocycles. The van der Waals surface area contributed by atoms with E-state index in [1.54, 1.807) is 12.1 Å². The minimum Gasteiger partial charge on any atom is -0.323 e. The van der Waals surface area contributed by atoms with Crippen molar-refractivity contribution in [1.29, 1.82) is 5.26 Å². The molecule has 1 amide bonds. The number of nitrogens with one attached hydrogen (secondary N) is 2. The summed E-state index contributed by atoms with van der Waals surface area (Å²) < 4.78 is 0. The molecule has 1 aromatic carbocycles. The smallest absolute Gasteiger partial charge is 0.258 e. The number of hydrogen-bond donors (Lipinski definition) is 2. The number of amides is 1. The Hall–Kier alpha value is -1.65. The fraction of sp³-hybridized carbons (Fsp3) is 0.278. The second-order valence-electron chi connectivity index (χ2n) is 6.20. The molecule has 0 saturated heterocycles. The highest BCUT2D eigenvalue weighted by Gasteiger charge is 2.24. The number of nitrogens with zero attached hydrogens (tertiary/aromatic N) is 1. The van der Waals surface area contributed by atoms with Crippen molar-refractivity contribution in [3.8, 4) is 6.07 Å². The molecule has 1 unspecified atom stereocenters. The topological polar surface area (TPSA) is 64.9 Å². The Kier molecular flexibility index (Phi) is 5.83. The van der Waals surface area contributed by atoms with Crippen LogP contribution in [-0.2, 0) is 12.8 Å². The van der Waals surface area contributed by atoms with Crippen LogP contribution in [0.15, 0.2) is 18.2 Å². The molecule has 1 aromatic heterocycles. The van der Waals surface area contributed by atoms with Gasteiger partial charge in [0.1, 0.15) is 11.1 Å². The van der Waals surface area contributed by atoms with Crippen LogP contribution in [0.3, 0.4) is 0 Å². The average molecular weight is 424 g/mol. The third-order valence-corrected chi connectivity index (χ3v) is 6.19. The predicted octanol–water partition coefficient (Wildman–Crippen LogP) is 5.18. The molecule has 0 fully saturated rings. The van der Waals surface area contributed by atoms with Crippen molar-refractivity contribution in [3.05, 3.63) is 49.8 Å². The minimum atomic E-state index is -0.455. The molecule has 1 aliphatic rings. The number of nitriles is 1. The number of thiocarbonyl (C=S) groups is 1. The maximum absolute atomic E-state index is 12.4. The Morgan fingerprint density at radius 1 is 1.42 bits per heavy atom. The molecule has 0 bridgehead atoms. The van der Waals surface area contributed by atoms with Gasteiger partial charge in [-0.05, 0) is 61.2 Å². The molecule has 0 spiro atoms. The molecule has 0 saturated carbocycles. The fourth-order valence-electron chi connectivity index (χ4n) is 2.93. The van der Waals surface area contributed by atoms with Gasteiger partial charge in [0.25, 0.3) is 5.91 Å². The highest BCUT2D eigenvalue weighted by atomic mass is 35.5. The molecule has 4 nitrogen and oxygen atoms in total. The minimum absolute atomic E-state index is 0.120. The molecule has 2 aromatic rings. The van der Waals surface area contributed by atoms with Crippen molar-refractivity contribution < 1.29 is 4.79 Å². The van der Waals surface area contributed by atoms with Crippen LogP contribution in [0.2, 0.25) is 10.0 Å². The standard InChI is InChI=1S/C18H15Cl2N3OS2/c1-9-2-4-11-13(8-21)17(26-15(11)6-9)23-18(25)22-16(24)12-7-10(19)3-5-14(12)20/h3,5,7,9H,2,4,6H2,1H3,(H2,22,23,24,25). The first-order valence-electron chi connectivity index (χ1n) is 8.01. The first kappa shape index (κ1) is 19.1. The predicted molar refractivity (Wildman–Crippen MR) is 110 cm³/mol. The summed E-state index contributed by atoms with van der Waals surface area (Å²) in [5.41, 5.74) is 1.96. The fourth-order valence-corrected chi connectivity index (χ4v) is 4.93. The first-order chi connectivity index (χ1) is 12.4. The summed E-state index contributed by atoms with van der Waals surface area (Å²) in [4.78, 5) is 13.6. The lowest BCUT2D eigenvalue weighted by atomic mass is 9.89.